The number of hydrogen-bond donors (Lipinski definition) is 0. The fourth-order valence-electron chi connectivity index (χ4n) is 1.59. The van der Waals surface area contributed by atoms with E-state index < -0.39 is 21.1 Å². The van der Waals surface area contributed by atoms with Crippen LogP contribution in [0.25, 0.3) is 0 Å². The molecule has 1 atom stereocenters. The second-order valence-corrected chi connectivity index (χ2v) is 5.84. The molecule has 0 aliphatic carbocycles. The zero-order chi connectivity index (χ0) is 14.8. The summed E-state index contributed by atoms with van der Waals surface area (Å²) < 4.78 is 31.7. The van der Waals surface area contributed by atoms with E-state index in [0.29, 0.717) is 11.5 Å². The Kier molecular flexibility index (Phi) is 4.00. The number of ether oxygens (including phenoxy) is 1. The molecule has 0 saturated heterocycles. The van der Waals surface area contributed by atoms with Crippen LogP contribution < -0.4 is 0 Å². The molecule has 2 rings (SSSR count). The van der Waals surface area contributed by atoms with Gasteiger partial charge in [-0.05, 0) is 12.1 Å². The van der Waals surface area contributed by atoms with Crippen molar-refractivity contribution in [2.24, 2.45) is 4.99 Å². The van der Waals surface area contributed by atoms with Crippen molar-refractivity contribution in [3.05, 3.63) is 39.9 Å². The van der Waals surface area contributed by atoms with Crippen LogP contribution in [0.4, 0.5) is 5.69 Å². The Morgan fingerprint density at radius 3 is 2.65 bits per heavy atom. The van der Waals surface area contributed by atoms with Crippen molar-refractivity contribution in [2.45, 2.75) is 6.04 Å². The number of rotatable bonds is 5. The van der Waals surface area contributed by atoms with Gasteiger partial charge in [0.15, 0.2) is 0 Å². The van der Waals surface area contributed by atoms with E-state index in [9.17, 15) is 18.5 Å². The SMILES string of the molecule is CS(=O)(=O)OC[C@H]1COC(c2ccc([N+](=O)[O-])cc2)=N1. The lowest BCUT2D eigenvalue weighted by Gasteiger charge is -2.03. The molecular weight excluding hydrogens is 288 g/mol. The highest BCUT2D eigenvalue weighted by Crippen LogP contribution is 2.16. The second kappa shape index (κ2) is 5.55. The molecule has 0 fully saturated rings. The maximum Gasteiger partial charge on any atom is 0.269 e. The second-order valence-electron chi connectivity index (χ2n) is 4.19. The van der Waals surface area contributed by atoms with Gasteiger partial charge in [-0.15, -0.1) is 0 Å². The van der Waals surface area contributed by atoms with Gasteiger partial charge in [0, 0.05) is 17.7 Å². The molecule has 1 aliphatic rings. The molecule has 0 bridgehead atoms. The van der Waals surface area contributed by atoms with Gasteiger partial charge in [-0.1, -0.05) is 0 Å². The molecule has 0 spiro atoms. The molecular formula is C11H12N2O6S. The number of nitrogens with zero attached hydrogens (tertiary/aromatic N) is 2. The van der Waals surface area contributed by atoms with Crippen molar-refractivity contribution in [1.82, 2.24) is 0 Å². The lowest BCUT2D eigenvalue weighted by atomic mass is 10.2. The fraction of sp³-hybridized carbons (Fsp3) is 0.364. The predicted molar refractivity (Wildman–Crippen MR) is 70.2 cm³/mol. The zero-order valence-corrected chi connectivity index (χ0v) is 11.4. The Hall–Kier alpha value is -2.00. The topological polar surface area (TPSA) is 108 Å². The smallest absolute Gasteiger partial charge is 0.269 e. The minimum absolute atomic E-state index is 0.0238. The molecule has 108 valence electrons. The van der Waals surface area contributed by atoms with Crippen LogP contribution in [0.2, 0.25) is 0 Å². The van der Waals surface area contributed by atoms with E-state index in [-0.39, 0.29) is 18.9 Å². The van der Waals surface area contributed by atoms with Crippen LogP contribution in [0.3, 0.4) is 0 Å². The number of benzene rings is 1. The van der Waals surface area contributed by atoms with Gasteiger partial charge in [-0.25, -0.2) is 4.99 Å². The lowest BCUT2D eigenvalue weighted by Crippen LogP contribution is -2.17. The normalized spacial score (nSPS) is 18.4. The molecule has 0 amide bonds. The van der Waals surface area contributed by atoms with Gasteiger partial charge in [0.1, 0.15) is 12.6 Å². The van der Waals surface area contributed by atoms with E-state index in [4.69, 9.17) is 4.74 Å². The van der Waals surface area contributed by atoms with Crippen molar-refractivity contribution in [3.63, 3.8) is 0 Å². The highest BCUT2D eigenvalue weighted by Gasteiger charge is 2.22. The molecule has 1 heterocycles. The number of nitro groups is 1. The number of hydrogen-bond acceptors (Lipinski definition) is 7. The van der Waals surface area contributed by atoms with Crippen LogP contribution >= 0.6 is 0 Å². The Balaban J connectivity index is 2.04. The molecule has 1 aliphatic heterocycles. The minimum Gasteiger partial charge on any atom is -0.475 e. The van der Waals surface area contributed by atoms with Gasteiger partial charge < -0.3 is 4.74 Å². The third-order valence-electron chi connectivity index (χ3n) is 2.51. The first-order valence-corrected chi connectivity index (χ1v) is 7.46. The summed E-state index contributed by atoms with van der Waals surface area (Å²) in [5.74, 6) is 0.321. The molecule has 8 nitrogen and oxygen atoms in total. The van der Waals surface area contributed by atoms with Crippen LogP contribution in [0.5, 0.6) is 0 Å². The first-order valence-electron chi connectivity index (χ1n) is 5.65. The zero-order valence-electron chi connectivity index (χ0n) is 10.6. The van der Waals surface area contributed by atoms with Crippen molar-refractivity contribution in [1.29, 1.82) is 0 Å². The molecule has 1 aromatic rings. The number of non-ortho nitro benzene ring substituents is 1. The van der Waals surface area contributed by atoms with Gasteiger partial charge in [-0.2, -0.15) is 8.42 Å². The summed E-state index contributed by atoms with van der Waals surface area (Å²) >= 11 is 0. The van der Waals surface area contributed by atoms with Crippen LogP contribution in [0.1, 0.15) is 5.56 Å². The van der Waals surface area contributed by atoms with Gasteiger partial charge in [0.25, 0.3) is 15.8 Å². The summed E-state index contributed by atoms with van der Waals surface area (Å²) in [5, 5.41) is 10.5. The number of nitro benzene ring substituents is 1. The van der Waals surface area contributed by atoms with Crippen LogP contribution in [0.15, 0.2) is 29.3 Å². The van der Waals surface area contributed by atoms with Gasteiger partial charge in [0.05, 0.1) is 17.8 Å². The largest absolute Gasteiger partial charge is 0.475 e. The third kappa shape index (κ3) is 3.75. The van der Waals surface area contributed by atoms with Crippen LogP contribution in [-0.2, 0) is 19.0 Å². The molecule has 20 heavy (non-hydrogen) atoms. The predicted octanol–water partition coefficient (Wildman–Crippen LogP) is 0.716. The molecule has 0 N–H and O–H groups in total. The maximum absolute atomic E-state index is 10.9. The van der Waals surface area contributed by atoms with Crippen molar-refractivity contribution < 1.29 is 22.3 Å². The minimum atomic E-state index is -3.51. The summed E-state index contributed by atoms with van der Waals surface area (Å²) in [6.07, 6.45) is 0.962. The van der Waals surface area contributed by atoms with E-state index in [0.717, 1.165) is 6.26 Å². The summed E-state index contributed by atoms with van der Waals surface area (Å²) in [4.78, 5) is 14.2. The summed E-state index contributed by atoms with van der Waals surface area (Å²) in [6.45, 7) is 0.122. The van der Waals surface area contributed by atoms with E-state index in [1.54, 1.807) is 0 Å². The molecule has 0 unspecified atom stereocenters. The average Bonchev–Trinajstić information content (AvgIpc) is 2.84. The van der Waals surface area contributed by atoms with E-state index >= 15 is 0 Å². The van der Waals surface area contributed by atoms with Crippen LogP contribution in [0, 0.1) is 10.1 Å². The monoisotopic (exact) mass is 300 g/mol. The highest BCUT2D eigenvalue weighted by atomic mass is 32.2. The van der Waals surface area contributed by atoms with Gasteiger partial charge in [0.2, 0.25) is 5.90 Å². The first kappa shape index (κ1) is 14.4. The third-order valence-corrected chi connectivity index (χ3v) is 3.08. The Labute approximate surface area is 115 Å². The Bertz CT molecular complexity index is 637. The van der Waals surface area contributed by atoms with E-state index in [1.165, 1.54) is 24.3 Å². The van der Waals surface area contributed by atoms with E-state index in [2.05, 4.69) is 9.18 Å². The van der Waals surface area contributed by atoms with Gasteiger partial charge >= 0.3 is 0 Å². The fourth-order valence-corrected chi connectivity index (χ4v) is 1.99. The quantitative estimate of drug-likeness (QED) is 0.450. The molecule has 9 heteroatoms. The lowest BCUT2D eigenvalue weighted by molar-refractivity contribution is -0.384. The summed E-state index contributed by atoms with van der Waals surface area (Å²) in [5.41, 5.74) is 0.571. The van der Waals surface area contributed by atoms with Crippen molar-refractivity contribution in [2.75, 3.05) is 19.5 Å². The highest BCUT2D eigenvalue weighted by molar-refractivity contribution is 7.85. The molecule has 1 aromatic carbocycles. The maximum atomic E-state index is 10.9. The summed E-state index contributed by atoms with van der Waals surface area (Å²) in [6, 6.07) is 5.34. The Morgan fingerprint density at radius 1 is 1.45 bits per heavy atom. The van der Waals surface area contributed by atoms with Crippen LogP contribution in [-0.4, -0.2) is 44.8 Å². The van der Waals surface area contributed by atoms with Gasteiger partial charge in [-0.3, -0.25) is 14.3 Å². The molecule has 0 saturated carbocycles. The number of aliphatic imine (C=N–C) groups is 1. The van der Waals surface area contributed by atoms with E-state index in [1.807, 2.05) is 0 Å². The Morgan fingerprint density at radius 2 is 2.10 bits per heavy atom. The molecule has 0 radical (unpaired) electrons. The molecule has 0 aromatic heterocycles. The first-order chi connectivity index (χ1) is 9.35. The van der Waals surface area contributed by atoms with Crippen molar-refractivity contribution >= 4 is 21.7 Å². The standard InChI is InChI=1S/C11H12N2O6S/c1-20(16,17)19-7-9-6-18-11(12-9)8-2-4-10(5-3-8)13(14)15/h2-5,9H,6-7H2,1H3/t9-/m1/s1. The average molecular weight is 300 g/mol. The van der Waals surface area contributed by atoms with Crippen molar-refractivity contribution in [3.8, 4) is 0 Å². The summed E-state index contributed by atoms with van der Waals surface area (Å²) in [7, 11) is -3.51.